The highest BCUT2D eigenvalue weighted by atomic mass is 32.2. The molecule has 0 fully saturated rings. The molecule has 0 bridgehead atoms. The summed E-state index contributed by atoms with van der Waals surface area (Å²) in [5.74, 6) is 1.54. The minimum absolute atomic E-state index is 0.00436. The van der Waals surface area contributed by atoms with E-state index in [1.807, 2.05) is 56.7 Å². The van der Waals surface area contributed by atoms with Crippen molar-refractivity contribution in [3.05, 3.63) is 71.0 Å². The molecule has 1 N–H and O–H groups in total. The topological polar surface area (TPSA) is 86.1 Å². The second-order valence-electron chi connectivity index (χ2n) is 7.90. The molecule has 2 aromatic carbocycles. The Labute approximate surface area is 192 Å². The van der Waals surface area contributed by atoms with Crippen molar-refractivity contribution in [1.29, 1.82) is 0 Å². The van der Waals surface area contributed by atoms with Crippen LogP contribution in [0, 0.1) is 12.8 Å². The molecule has 0 aliphatic carbocycles. The van der Waals surface area contributed by atoms with Gasteiger partial charge in [-0.1, -0.05) is 43.3 Å². The number of benzene rings is 2. The summed E-state index contributed by atoms with van der Waals surface area (Å²) in [7, 11) is 3.44. The first-order valence-corrected chi connectivity index (χ1v) is 11.4. The number of hydrogen-bond donors (Lipinski definition) is 1. The van der Waals surface area contributed by atoms with Crippen LogP contribution in [0.3, 0.4) is 0 Å². The van der Waals surface area contributed by atoms with Crippen LogP contribution in [0.4, 0.5) is 0 Å². The van der Waals surface area contributed by atoms with E-state index in [1.54, 1.807) is 31.4 Å². The van der Waals surface area contributed by atoms with Gasteiger partial charge in [0.25, 0.3) is 5.91 Å². The predicted octanol–water partition coefficient (Wildman–Crippen LogP) is 4.23. The third kappa shape index (κ3) is 5.56. The Bertz CT molecular complexity index is 1080. The first-order valence-electron chi connectivity index (χ1n) is 10.4. The number of nitrogens with zero attached hydrogens (tertiary/aromatic N) is 3. The van der Waals surface area contributed by atoms with Crippen LogP contribution in [-0.4, -0.2) is 39.3 Å². The van der Waals surface area contributed by atoms with Gasteiger partial charge in [-0.05, 0) is 49.2 Å². The summed E-state index contributed by atoms with van der Waals surface area (Å²) in [6.45, 7) is 6.03. The lowest BCUT2D eigenvalue weighted by atomic mass is 10.0. The number of carbonyl (C=O) groups is 2. The minimum Gasteiger partial charge on any atom is -0.497 e. The van der Waals surface area contributed by atoms with Crippen molar-refractivity contribution in [2.75, 3.05) is 12.9 Å². The highest BCUT2D eigenvalue weighted by Crippen LogP contribution is 2.25. The molecule has 0 saturated heterocycles. The third-order valence-corrected chi connectivity index (χ3v) is 6.18. The van der Waals surface area contributed by atoms with Crippen LogP contribution in [0.5, 0.6) is 5.75 Å². The average molecular weight is 453 g/mol. The first kappa shape index (κ1) is 23.5. The highest BCUT2D eigenvalue weighted by molar-refractivity contribution is 7.99. The molecular formula is C24H28N4O3S. The van der Waals surface area contributed by atoms with Gasteiger partial charge in [0.2, 0.25) is 0 Å². The van der Waals surface area contributed by atoms with Crippen LogP contribution in [0.2, 0.25) is 0 Å². The number of aryl methyl sites for hydroxylation is 1. The van der Waals surface area contributed by atoms with Gasteiger partial charge in [0.15, 0.2) is 16.8 Å². The van der Waals surface area contributed by atoms with E-state index in [4.69, 9.17) is 4.74 Å². The van der Waals surface area contributed by atoms with Crippen LogP contribution in [-0.2, 0) is 7.05 Å². The summed E-state index contributed by atoms with van der Waals surface area (Å²) >= 11 is 1.32. The zero-order chi connectivity index (χ0) is 23.3. The summed E-state index contributed by atoms with van der Waals surface area (Å²) in [6, 6.07) is 14.2. The van der Waals surface area contributed by atoms with E-state index in [9.17, 15) is 9.59 Å². The van der Waals surface area contributed by atoms with Crippen molar-refractivity contribution in [3.8, 4) is 5.75 Å². The number of carbonyl (C=O) groups excluding carboxylic acids is 2. The lowest BCUT2D eigenvalue weighted by Crippen LogP contribution is -2.33. The van der Waals surface area contributed by atoms with Crippen LogP contribution in [0.25, 0.3) is 0 Å². The number of ether oxygens (including phenoxy) is 1. The van der Waals surface area contributed by atoms with Gasteiger partial charge in [-0.2, -0.15) is 0 Å². The fraction of sp³-hybridized carbons (Fsp3) is 0.333. The lowest BCUT2D eigenvalue weighted by Gasteiger charge is -2.21. The summed E-state index contributed by atoms with van der Waals surface area (Å²) in [5.41, 5.74) is 2.32. The van der Waals surface area contributed by atoms with E-state index in [-0.39, 0.29) is 29.4 Å². The predicted molar refractivity (Wildman–Crippen MR) is 125 cm³/mol. The number of amides is 1. The van der Waals surface area contributed by atoms with E-state index in [1.165, 1.54) is 11.8 Å². The Kier molecular flexibility index (Phi) is 7.69. The molecule has 0 radical (unpaired) electrons. The number of thioether (sulfide) groups is 1. The molecule has 0 saturated carbocycles. The van der Waals surface area contributed by atoms with Gasteiger partial charge in [0, 0.05) is 18.2 Å². The smallest absolute Gasteiger partial charge is 0.251 e. The first-order chi connectivity index (χ1) is 15.3. The Morgan fingerprint density at radius 3 is 2.25 bits per heavy atom. The van der Waals surface area contributed by atoms with E-state index in [0.717, 1.165) is 5.56 Å². The zero-order valence-corrected chi connectivity index (χ0v) is 19.8. The Balaban J connectivity index is 1.69. The van der Waals surface area contributed by atoms with Crippen molar-refractivity contribution in [1.82, 2.24) is 20.1 Å². The third-order valence-electron chi connectivity index (χ3n) is 5.16. The quantitative estimate of drug-likeness (QED) is 0.386. The molecule has 0 aliphatic heterocycles. The van der Waals surface area contributed by atoms with Crippen molar-refractivity contribution in [2.45, 2.75) is 32.0 Å². The van der Waals surface area contributed by atoms with E-state index < -0.39 is 0 Å². The Hall–Kier alpha value is -3.13. The Morgan fingerprint density at radius 1 is 1.03 bits per heavy atom. The van der Waals surface area contributed by atoms with Gasteiger partial charge in [0.1, 0.15) is 5.75 Å². The maximum absolute atomic E-state index is 12.8. The SMILES string of the molecule is COc1ccc(C(=O)CSc2nnc([C@H](NC(=O)c3ccc(C)cc3)C(C)C)n2C)cc1. The van der Waals surface area contributed by atoms with Gasteiger partial charge < -0.3 is 14.6 Å². The van der Waals surface area contributed by atoms with Gasteiger partial charge >= 0.3 is 0 Å². The molecule has 0 unspecified atom stereocenters. The zero-order valence-electron chi connectivity index (χ0n) is 19.0. The van der Waals surface area contributed by atoms with Gasteiger partial charge in [-0.15, -0.1) is 10.2 Å². The molecule has 1 amide bonds. The standard InChI is InChI=1S/C24H28N4O3S/c1-15(2)21(25-23(30)18-8-6-16(3)7-9-18)22-26-27-24(28(22)4)32-14-20(29)17-10-12-19(31-5)13-11-17/h6-13,15,21H,14H2,1-5H3,(H,25,30)/t21-/m1/s1. The van der Waals surface area contributed by atoms with Crippen LogP contribution < -0.4 is 10.1 Å². The normalized spacial score (nSPS) is 11.9. The van der Waals surface area contributed by atoms with Crippen molar-refractivity contribution in [2.24, 2.45) is 13.0 Å². The average Bonchev–Trinajstić information content (AvgIpc) is 3.15. The van der Waals surface area contributed by atoms with E-state index >= 15 is 0 Å². The summed E-state index contributed by atoms with van der Waals surface area (Å²) in [5, 5.41) is 12.3. The van der Waals surface area contributed by atoms with E-state index in [2.05, 4.69) is 15.5 Å². The van der Waals surface area contributed by atoms with Crippen molar-refractivity contribution < 1.29 is 14.3 Å². The molecule has 168 valence electrons. The minimum atomic E-state index is -0.312. The van der Waals surface area contributed by atoms with Crippen LogP contribution >= 0.6 is 11.8 Å². The Morgan fingerprint density at radius 2 is 1.66 bits per heavy atom. The van der Waals surface area contributed by atoms with E-state index in [0.29, 0.717) is 27.9 Å². The molecule has 32 heavy (non-hydrogen) atoms. The van der Waals surface area contributed by atoms with Crippen molar-refractivity contribution >= 4 is 23.5 Å². The van der Waals surface area contributed by atoms with Gasteiger partial charge in [0.05, 0.1) is 18.9 Å². The number of ketones is 1. The molecule has 1 heterocycles. The summed E-state index contributed by atoms with van der Waals surface area (Å²) in [4.78, 5) is 25.3. The fourth-order valence-corrected chi connectivity index (χ4v) is 3.98. The number of rotatable bonds is 9. The molecule has 3 aromatic rings. The molecular weight excluding hydrogens is 424 g/mol. The largest absolute Gasteiger partial charge is 0.497 e. The second kappa shape index (κ2) is 10.5. The van der Waals surface area contributed by atoms with Crippen LogP contribution in [0.15, 0.2) is 53.7 Å². The number of methoxy groups -OCH3 is 1. The molecule has 7 nitrogen and oxygen atoms in total. The molecule has 0 spiro atoms. The monoisotopic (exact) mass is 452 g/mol. The van der Waals surface area contributed by atoms with Crippen LogP contribution in [0.1, 0.15) is 52.0 Å². The maximum Gasteiger partial charge on any atom is 0.251 e. The molecule has 1 atom stereocenters. The highest BCUT2D eigenvalue weighted by Gasteiger charge is 2.25. The van der Waals surface area contributed by atoms with Crippen molar-refractivity contribution in [3.63, 3.8) is 0 Å². The molecule has 3 rings (SSSR count). The number of aromatic nitrogens is 3. The lowest BCUT2D eigenvalue weighted by molar-refractivity contribution is 0.0921. The summed E-state index contributed by atoms with van der Waals surface area (Å²) < 4.78 is 6.97. The maximum atomic E-state index is 12.8. The molecule has 8 heteroatoms. The molecule has 1 aromatic heterocycles. The van der Waals surface area contributed by atoms with Gasteiger partial charge in [-0.3, -0.25) is 9.59 Å². The second-order valence-corrected chi connectivity index (χ2v) is 8.84. The molecule has 0 aliphatic rings. The number of nitrogens with one attached hydrogen (secondary N) is 1. The fourth-order valence-electron chi connectivity index (χ4n) is 3.17. The summed E-state index contributed by atoms with van der Waals surface area (Å²) in [6.07, 6.45) is 0. The number of Topliss-reactive ketones (excluding diaryl/α,β-unsaturated/α-hetero) is 1. The van der Waals surface area contributed by atoms with Gasteiger partial charge in [-0.25, -0.2) is 0 Å². The number of hydrogen-bond acceptors (Lipinski definition) is 6.